The van der Waals surface area contributed by atoms with E-state index in [0.29, 0.717) is 0 Å². The molecule has 1 heterocycles. The van der Waals surface area contributed by atoms with Crippen LogP contribution in [0.5, 0.6) is 0 Å². The number of nitrogens with zero attached hydrogens (tertiary/aromatic N) is 2. The maximum absolute atomic E-state index is 4.29. The van der Waals surface area contributed by atoms with Gasteiger partial charge in [0.25, 0.3) is 0 Å². The lowest BCUT2D eigenvalue weighted by Gasteiger charge is -2.19. The Balaban J connectivity index is 2.17. The van der Waals surface area contributed by atoms with Gasteiger partial charge in [0.2, 0.25) is 0 Å². The molecule has 0 atom stereocenters. The highest BCUT2D eigenvalue weighted by Crippen LogP contribution is 2.14. The van der Waals surface area contributed by atoms with Gasteiger partial charge in [0, 0.05) is 24.9 Å². The summed E-state index contributed by atoms with van der Waals surface area (Å²) in [4.78, 5) is 0. The summed E-state index contributed by atoms with van der Waals surface area (Å²) in [6, 6.07) is 0. The minimum Gasteiger partial charge on any atom is -0.312 e. The highest BCUT2D eigenvalue weighted by molar-refractivity contribution is 7.11. The second kappa shape index (κ2) is 8.64. The van der Waals surface area contributed by atoms with E-state index in [1.54, 1.807) is 11.3 Å². The third kappa shape index (κ3) is 8.32. The average molecular weight is 283 g/mol. The van der Waals surface area contributed by atoms with Crippen LogP contribution in [0.3, 0.4) is 0 Å². The Kier molecular flexibility index (Phi) is 7.54. The lowest BCUT2D eigenvalue weighted by atomic mass is 10.1. The van der Waals surface area contributed by atoms with Crippen molar-refractivity contribution in [3.05, 3.63) is 10.0 Å². The normalized spacial score (nSPS) is 12.0. The van der Waals surface area contributed by atoms with E-state index in [0.717, 1.165) is 19.4 Å². The molecule has 1 rings (SSSR count). The van der Waals surface area contributed by atoms with Crippen LogP contribution in [0.1, 0.15) is 69.8 Å². The van der Waals surface area contributed by atoms with Crippen LogP contribution in [-0.2, 0) is 12.8 Å². The second-order valence-corrected chi connectivity index (χ2v) is 7.33. The van der Waals surface area contributed by atoms with E-state index in [2.05, 4.69) is 43.2 Å². The molecular formula is C15H29N3S. The van der Waals surface area contributed by atoms with Gasteiger partial charge in [-0.2, -0.15) is 0 Å². The Labute approximate surface area is 122 Å². The van der Waals surface area contributed by atoms with Crippen molar-refractivity contribution in [2.75, 3.05) is 6.54 Å². The topological polar surface area (TPSA) is 37.8 Å². The molecule has 110 valence electrons. The van der Waals surface area contributed by atoms with Gasteiger partial charge in [-0.25, -0.2) is 0 Å². The zero-order valence-electron chi connectivity index (χ0n) is 13.0. The first kappa shape index (κ1) is 16.6. The van der Waals surface area contributed by atoms with Crippen LogP contribution in [0.4, 0.5) is 0 Å². The third-order valence-electron chi connectivity index (χ3n) is 3.00. The summed E-state index contributed by atoms with van der Waals surface area (Å²) in [6.07, 6.45) is 8.71. The predicted molar refractivity (Wildman–Crippen MR) is 83.8 cm³/mol. The zero-order chi connectivity index (χ0) is 14.1. The van der Waals surface area contributed by atoms with Crippen LogP contribution >= 0.6 is 11.3 Å². The number of nitrogens with one attached hydrogen (secondary N) is 1. The van der Waals surface area contributed by atoms with Crippen molar-refractivity contribution in [2.45, 2.75) is 78.2 Å². The van der Waals surface area contributed by atoms with Gasteiger partial charge < -0.3 is 5.32 Å². The maximum Gasteiger partial charge on any atom is 0.118 e. The first-order valence-electron chi connectivity index (χ1n) is 7.57. The molecule has 0 bridgehead atoms. The molecule has 1 N–H and O–H groups in total. The SMILES string of the molecule is CCCCCCCc1nnc(CCNC(C)(C)C)s1. The molecule has 0 spiro atoms. The van der Waals surface area contributed by atoms with Crippen LogP contribution in [0, 0.1) is 0 Å². The smallest absolute Gasteiger partial charge is 0.118 e. The van der Waals surface area contributed by atoms with E-state index >= 15 is 0 Å². The fraction of sp³-hybridized carbons (Fsp3) is 0.867. The molecule has 3 nitrogen and oxygen atoms in total. The first-order chi connectivity index (χ1) is 9.01. The van der Waals surface area contributed by atoms with E-state index < -0.39 is 0 Å². The van der Waals surface area contributed by atoms with Crippen molar-refractivity contribution < 1.29 is 0 Å². The number of hydrogen-bond acceptors (Lipinski definition) is 4. The summed E-state index contributed by atoms with van der Waals surface area (Å²) in [5.74, 6) is 0. The van der Waals surface area contributed by atoms with Crippen molar-refractivity contribution in [3.8, 4) is 0 Å². The van der Waals surface area contributed by atoms with Crippen LogP contribution in [-0.4, -0.2) is 22.3 Å². The van der Waals surface area contributed by atoms with Gasteiger partial charge in [-0.05, 0) is 27.2 Å². The molecule has 1 aromatic heterocycles. The van der Waals surface area contributed by atoms with Gasteiger partial charge >= 0.3 is 0 Å². The standard InChI is InChI=1S/C15H29N3S/c1-5-6-7-8-9-10-13-17-18-14(19-13)11-12-16-15(2,3)4/h16H,5-12H2,1-4H3. The van der Waals surface area contributed by atoms with E-state index in [-0.39, 0.29) is 5.54 Å². The Morgan fingerprint density at radius 3 is 2.21 bits per heavy atom. The first-order valence-corrected chi connectivity index (χ1v) is 8.39. The molecule has 0 saturated carbocycles. The molecule has 0 saturated heterocycles. The fourth-order valence-corrected chi connectivity index (χ4v) is 2.80. The molecule has 0 amide bonds. The summed E-state index contributed by atoms with van der Waals surface area (Å²) in [5, 5.41) is 14.4. The minimum atomic E-state index is 0.187. The lowest BCUT2D eigenvalue weighted by molar-refractivity contribution is 0.429. The fourth-order valence-electron chi connectivity index (χ4n) is 1.91. The molecule has 0 aliphatic rings. The molecule has 0 radical (unpaired) electrons. The average Bonchev–Trinajstić information content (AvgIpc) is 2.75. The molecular weight excluding hydrogens is 254 g/mol. The van der Waals surface area contributed by atoms with Crippen LogP contribution in [0.15, 0.2) is 0 Å². The van der Waals surface area contributed by atoms with E-state index in [1.165, 1.54) is 42.1 Å². The molecule has 1 aromatic rings. The van der Waals surface area contributed by atoms with Crippen molar-refractivity contribution in [2.24, 2.45) is 0 Å². The molecule has 19 heavy (non-hydrogen) atoms. The molecule has 0 aromatic carbocycles. The van der Waals surface area contributed by atoms with Crippen molar-refractivity contribution in [3.63, 3.8) is 0 Å². The minimum absolute atomic E-state index is 0.187. The number of unbranched alkanes of at least 4 members (excludes halogenated alkanes) is 4. The van der Waals surface area contributed by atoms with Crippen LogP contribution in [0.2, 0.25) is 0 Å². The largest absolute Gasteiger partial charge is 0.312 e. The summed E-state index contributed by atoms with van der Waals surface area (Å²) in [5.41, 5.74) is 0.187. The van der Waals surface area contributed by atoms with Gasteiger partial charge in [-0.3, -0.25) is 0 Å². The Morgan fingerprint density at radius 1 is 0.947 bits per heavy atom. The summed E-state index contributed by atoms with van der Waals surface area (Å²) < 4.78 is 0. The quantitative estimate of drug-likeness (QED) is 0.697. The molecule has 0 aliphatic heterocycles. The van der Waals surface area contributed by atoms with E-state index in [1.807, 2.05) is 0 Å². The van der Waals surface area contributed by atoms with E-state index in [4.69, 9.17) is 0 Å². The second-order valence-electron chi connectivity index (χ2n) is 6.18. The highest BCUT2D eigenvalue weighted by Gasteiger charge is 2.09. The van der Waals surface area contributed by atoms with Crippen molar-refractivity contribution in [1.29, 1.82) is 0 Å². The monoisotopic (exact) mass is 283 g/mol. The number of aromatic nitrogens is 2. The van der Waals surface area contributed by atoms with Crippen LogP contribution in [0.25, 0.3) is 0 Å². The predicted octanol–water partition coefficient (Wildman–Crippen LogP) is 3.98. The van der Waals surface area contributed by atoms with Gasteiger partial charge in [-0.15, -0.1) is 21.5 Å². The number of aryl methyl sites for hydroxylation is 1. The third-order valence-corrected chi connectivity index (χ3v) is 4.04. The van der Waals surface area contributed by atoms with Gasteiger partial charge in [0.1, 0.15) is 10.0 Å². The maximum atomic E-state index is 4.29. The van der Waals surface area contributed by atoms with Crippen molar-refractivity contribution >= 4 is 11.3 Å². The molecule has 0 aliphatic carbocycles. The van der Waals surface area contributed by atoms with Crippen molar-refractivity contribution in [1.82, 2.24) is 15.5 Å². The number of hydrogen-bond donors (Lipinski definition) is 1. The Bertz CT molecular complexity index is 341. The lowest BCUT2D eigenvalue weighted by Crippen LogP contribution is -2.37. The van der Waals surface area contributed by atoms with E-state index in [9.17, 15) is 0 Å². The summed E-state index contributed by atoms with van der Waals surface area (Å²) in [7, 11) is 0. The summed E-state index contributed by atoms with van der Waals surface area (Å²) >= 11 is 1.79. The molecule has 4 heteroatoms. The Hall–Kier alpha value is -0.480. The molecule has 0 unspecified atom stereocenters. The summed E-state index contributed by atoms with van der Waals surface area (Å²) in [6.45, 7) is 9.80. The van der Waals surface area contributed by atoms with Gasteiger partial charge in [0.05, 0.1) is 0 Å². The highest BCUT2D eigenvalue weighted by atomic mass is 32.1. The van der Waals surface area contributed by atoms with Gasteiger partial charge in [-0.1, -0.05) is 32.6 Å². The number of rotatable bonds is 9. The zero-order valence-corrected chi connectivity index (χ0v) is 13.8. The van der Waals surface area contributed by atoms with Crippen LogP contribution < -0.4 is 5.32 Å². The molecule has 0 fully saturated rings. The Morgan fingerprint density at radius 2 is 1.58 bits per heavy atom. The van der Waals surface area contributed by atoms with Gasteiger partial charge in [0.15, 0.2) is 0 Å².